The lowest BCUT2D eigenvalue weighted by molar-refractivity contribution is -0.277. The van der Waals surface area contributed by atoms with E-state index in [-0.39, 0.29) is 0 Å². The van der Waals surface area contributed by atoms with E-state index in [0.29, 0.717) is 13.2 Å². The summed E-state index contributed by atoms with van der Waals surface area (Å²) < 4.78 is 0. The first kappa shape index (κ1) is 7.40. The van der Waals surface area contributed by atoms with E-state index in [9.17, 15) is 0 Å². The van der Waals surface area contributed by atoms with Crippen LogP contribution >= 0.6 is 0 Å². The van der Waals surface area contributed by atoms with Gasteiger partial charge in [0.15, 0.2) is 0 Å². The van der Waals surface area contributed by atoms with Crippen LogP contribution in [-0.2, 0) is 9.78 Å². The van der Waals surface area contributed by atoms with E-state index >= 15 is 0 Å². The van der Waals surface area contributed by atoms with Crippen molar-refractivity contribution < 1.29 is 9.78 Å². The van der Waals surface area contributed by atoms with Crippen molar-refractivity contribution in [3.63, 3.8) is 0 Å². The SMILES string of the molecule is C=CCOOCC=C. The van der Waals surface area contributed by atoms with Crippen molar-refractivity contribution in [2.45, 2.75) is 0 Å². The zero-order valence-corrected chi connectivity index (χ0v) is 4.80. The van der Waals surface area contributed by atoms with E-state index in [1.54, 1.807) is 12.2 Å². The molecule has 0 aromatic carbocycles. The van der Waals surface area contributed by atoms with Gasteiger partial charge in [-0.2, -0.15) is 0 Å². The summed E-state index contributed by atoms with van der Waals surface area (Å²) in [6.07, 6.45) is 3.23. The fourth-order valence-electron chi connectivity index (χ4n) is 0.192. The number of hydrogen-bond acceptors (Lipinski definition) is 2. The topological polar surface area (TPSA) is 18.5 Å². The van der Waals surface area contributed by atoms with Crippen molar-refractivity contribution in [3.05, 3.63) is 25.3 Å². The Morgan fingerprint density at radius 3 is 1.62 bits per heavy atom. The lowest BCUT2D eigenvalue weighted by atomic mass is 10.7. The van der Waals surface area contributed by atoms with Gasteiger partial charge in [-0.3, -0.25) is 0 Å². The van der Waals surface area contributed by atoms with Gasteiger partial charge in [0.05, 0.1) is 0 Å². The molecular weight excluding hydrogens is 104 g/mol. The Bertz CT molecular complexity index is 58.9. The van der Waals surface area contributed by atoms with Gasteiger partial charge < -0.3 is 0 Å². The lowest BCUT2D eigenvalue weighted by Gasteiger charge is -1.94. The van der Waals surface area contributed by atoms with Crippen LogP contribution in [0.3, 0.4) is 0 Å². The molecule has 2 nitrogen and oxygen atoms in total. The zero-order valence-electron chi connectivity index (χ0n) is 4.80. The Hall–Kier alpha value is -0.600. The highest BCUT2D eigenvalue weighted by Gasteiger charge is 1.76. The second kappa shape index (κ2) is 6.40. The van der Waals surface area contributed by atoms with Crippen LogP contribution in [0.5, 0.6) is 0 Å². The summed E-state index contributed by atoms with van der Waals surface area (Å²) in [6, 6.07) is 0. The first-order chi connectivity index (χ1) is 3.91. The molecular formula is C6H10O2. The van der Waals surface area contributed by atoms with Gasteiger partial charge >= 0.3 is 0 Å². The highest BCUT2D eigenvalue weighted by Crippen LogP contribution is 1.77. The maximum atomic E-state index is 4.53. The molecule has 0 aliphatic rings. The Morgan fingerprint density at radius 2 is 1.38 bits per heavy atom. The molecule has 0 atom stereocenters. The van der Waals surface area contributed by atoms with Crippen molar-refractivity contribution in [3.8, 4) is 0 Å². The molecule has 0 saturated heterocycles. The molecule has 46 valence electrons. The van der Waals surface area contributed by atoms with E-state index in [1.165, 1.54) is 0 Å². The summed E-state index contributed by atoms with van der Waals surface area (Å²) in [5.41, 5.74) is 0. The van der Waals surface area contributed by atoms with Gasteiger partial charge in [0, 0.05) is 0 Å². The second-order valence-electron chi connectivity index (χ2n) is 1.15. The Balaban J connectivity index is 2.71. The monoisotopic (exact) mass is 114 g/mol. The minimum Gasteiger partial charge on any atom is -0.232 e. The molecule has 0 aromatic heterocycles. The first-order valence-electron chi connectivity index (χ1n) is 2.38. The third-order valence-corrected chi connectivity index (χ3v) is 0.455. The quantitative estimate of drug-likeness (QED) is 0.232. The third-order valence-electron chi connectivity index (χ3n) is 0.455. The molecule has 8 heavy (non-hydrogen) atoms. The summed E-state index contributed by atoms with van der Waals surface area (Å²) in [5.74, 6) is 0. The van der Waals surface area contributed by atoms with Gasteiger partial charge in [0.25, 0.3) is 0 Å². The van der Waals surface area contributed by atoms with Gasteiger partial charge in [-0.25, -0.2) is 9.78 Å². The molecule has 0 radical (unpaired) electrons. The predicted molar refractivity (Wildman–Crippen MR) is 32.3 cm³/mol. The fraction of sp³-hybridized carbons (Fsp3) is 0.333. The largest absolute Gasteiger partial charge is 0.232 e. The Morgan fingerprint density at radius 1 is 1.00 bits per heavy atom. The lowest BCUT2D eigenvalue weighted by Crippen LogP contribution is -1.92. The van der Waals surface area contributed by atoms with Crippen LogP contribution in [0.1, 0.15) is 0 Å². The predicted octanol–water partition coefficient (Wildman–Crippen LogP) is 1.31. The molecule has 0 aliphatic heterocycles. The molecule has 2 heteroatoms. The minimum absolute atomic E-state index is 0.424. The smallest absolute Gasteiger partial charge is 0.100 e. The van der Waals surface area contributed by atoms with Crippen molar-refractivity contribution in [1.29, 1.82) is 0 Å². The average Bonchev–Trinajstić information content (AvgIpc) is 1.81. The summed E-state index contributed by atoms with van der Waals surface area (Å²) in [5, 5.41) is 0. The Kier molecular flexibility index (Phi) is 5.92. The molecule has 0 bridgehead atoms. The maximum absolute atomic E-state index is 4.53. The van der Waals surface area contributed by atoms with Crippen LogP contribution in [0.25, 0.3) is 0 Å². The normalized spacial score (nSPS) is 8.50. The van der Waals surface area contributed by atoms with E-state index in [0.717, 1.165) is 0 Å². The van der Waals surface area contributed by atoms with E-state index in [1.807, 2.05) is 0 Å². The van der Waals surface area contributed by atoms with E-state index in [4.69, 9.17) is 0 Å². The van der Waals surface area contributed by atoms with Crippen molar-refractivity contribution in [1.82, 2.24) is 0 Å². The van der Waals surface area contributed by atoms with Crippen LogP contribution in [0, 0.1) is 0 Å². The number of hydrogen-bond donors (Lipinski definition) is 0. The van der Waals surface area contributed by atoms with Gasteiger partial charge in [0.2, 0.25) is 0 Å². The second-order valence-corrected chi connectivity index (χ2v) is 1.15. The standard InChI is InChI=1S/C6H10O2/c1-3-5-7-8-6-4-2/h3-4H,1-2,5-6H2. The van der Waals surface area contributed by atoms with Crippen LogP contribution in [0.2, 0.25) is 0 Å². The van der Waals surface area contributed by atoms with Crippen LogP contribution in [0.4, 0.5) is 0 Å². The molecule has 0 unspecified atom stereocenters. The molecule has 0 saturated carbocycles. The first-order valence-corrected chi connectivity index (χ1v) is 2.38. The van der Waals surface area contributed by atoms with Gasteiger partial charge in [-0.05, 0) is 0 Å². The van der Waals surface area contributed by atoms with Gasteiger partial charge in [0.1, 0.15) is 13.2 Å². The van der Waals surface area contributed by atoms with Crippen LogP contribution in [-0.4, -0.2) is 13.2 Å². The summed E-state index contributed by atoms with van der Waals surface area (Å²) in [7, 11) is 0. The highest BCUT2D eigenvalue weighted by molar-refractivity contribution is 4.64. The zero-order chi connectivity index (χ0) is 6.24. The van der Waals surface area contributed by atoms with Gasteiger partial charge in [-0.15, -0.1) is 13.2 Å². The summed E-state index contributed by atoms with van der Waals surface area (Å²) in [4.78, 5) is 9.07. The van der Waals surface area contributed by atoms with Crippen LogP contribution < -0.4 is 0 Å². The van der Waals surface area contributed by atoms with E-state index < -0.39 is 0 Å². The van der Waals surface area contributed by atoms with Crippen molar-refractivity contribution >= 4 is 0 Å². The summed E-state index contributed by atoms with van der Waals surface area (Å²) >= 11 is 0. The number of rotatable bonds is 5. The average molecular weight is 114 g/mol. The molecule has 0 spiro atoms. The van der Waals surface area contributed by atoms with Gasteiger partial charge in [-0.1, -0.05) is 12.2 Å². The fourth-order valence-corrected chi connectivity index (χ4v) is 0.192. The van der Waals surface area contributed by atoms with Crippen LogP contribution in [0.15, 0.2) is 25.3 Å². The molecule has 0 rings (SSSR count). The van der Waals surface area contributed by atoms with Crippen molar-refractivity contribution in [2.24, 2.45) is 0 Å². The molecule has 0 N–H and O–H groups in total. The van der Waals surface area contributed by atoms with Crippen molar-refractivity contribution in [2.75, 3.05) is 13.2 Å². The highest BCUT2D eigenvalue weighted by atomic mass is 17.2. The van der Waals surface area contributed by atoms with E-state index in [2.05, 4.69) is 22.9 Å². The molecule has 0 amide bonds. The molecule has 0 heterocycles. The Labute approximate surface area is 49.3 Å². The third kappa shape index (κ3) is 5.40. The maximum Gasteiger partial charge on any atom is 0.100 e. The minimum atomic E-state index is 0.424. The molecule has 0 fully saturated rings. The molecule has 0 aromatic rings. The summed E-state index contributed by atoms with van der Waals surface area (Å²) in [6.45, 7) is 7.70. The molecule has 0 aliphatic carbocycles.